The number of carbonyl (C=O) groups excluding carboxylic acids is 1. The van der Waals surface area contributed by atoms with Crippen LogP contribution >= 0.6 is 0 Å². The zero-order valence-electron chi connectivity index (χ0n) is 16.8. The molecule has 3 nitrogen and oxygen atoms in total. The molecule has 0 aromatic heterocycles. The van der Waals surface area contributed by atoms with Crippen molar-refractivity contribution in [1.82, 2.24) is 9.80 Å². The van der Waals surface area contributed by atoms with E-state index in [-0.39, 0.29) is 5.41 Å². The minimum absolute atomic E-state index is 0.313. The molecule has 1 heterocycles. The van der Waals surface area contributed by atoms with E-state index >= 15 is 0 Å². The molecular formula is C22H36N2O. The summed E-state index contributed by atoms with van der Waals surface area (Å²) in [7, 11) is 4.18. The Morgan fingerprint density at radius 2 is 1.72 bits per heavy atom. The fourth-order valence-corrected chi connectivity index (χ4v) is 4.02. The Hall–Kier alpha value is -1.35. The molecule has 1 amide bonds. The number of carbonyl (C=O) groups is 1. The molecule has 0 radical (unpaired) electrons. The van der Waals surface area contributed by atoms with Gasteiger partial charge in [0.05, 0.1) is 5.41 Å². The molecule has 0 spiro atoms. The molecule has 3 heteroatoms. The molecule has 0 aliphatic carbocycles. The van der Waals surface area contributed by atoms with Crippen LogP contribution in [-0.2, 0) is 16.8 Å². The zero-order valence-corrected chi connectivity index (χ0v) is 16.8. The first-order chi connectivity index (χ1) is 12.0. The Labute approximate surface area is 154 Å². The van der Waals surface area contributed by atoms with E-state index in [1.54, 1.807) is 0 Å². The van der Waals surface area contributed by atoms with E-state index in [0.29, 0.717) is 11.9 Å². The van der Waals surface area contributed by atoms with Crippen LogP contribution in [0.15, 0.2) is 24.3 Å². The Morgan fingerprint density at radius 1 is 1.12 bits per heavy atom. The molecule has 2 rings (SSSR count). The van der Waals surface area contributed by atoms with Crippen molar-refractivity contribution in [2.75, 3.05) is 20.6 Å². The average Bonchev–Trinajstić information content (AvgIpc) is 2.61. The van der Waals surface area contributed by atoms with Crippen molar-refractivity contribution in [2.45, 2.75) is 77.3 Å². The Morgan fingerprint density at radius 3 is 2.28 bits per heavy atom. The van der Waals surface area contributed by atoms with Crippen molar-refractivity contribution in [3.05, 3.63) is 35.4 Å². The first-order valence-corrected chi connectivity index (χ1v) is 10.0. The van der Waals surface area contributed by atoms with Gasteiger partial charge < -0.3 is 9.80 Å². The second-order valence-corrected chi connectivity index (χ2v) is 7.94. The highest BCUT2D eigenvalue weighted by molar-refractivity contribution is 5.90. The van der Waals surface area contributed by atoms with E-state index in [1.165, 1.54) is 11.1 Å². The summed E-state index contributed by atoms with van der Waals surface area (Å²) in [6, 6.07) is 9.03. The molecule has 0 bridgehead atoms. The van der Waals surface area contributed by atoms with Gasteiger partial charge in [-0.2, -0.15) is 0 Å². The number of fused-ring (bicyclic) bond motifs is 1. The van der Waals surface area contributed by atoms with E-state index in [2.05, 4.69) is 68.9 Å². The first kappa shape index (κ1) is 20.0. The van der Waals surface area contributed by atoms with Gasteiger partial charge in [0.2, 0.25) is 5.91 Å². The van der Waals surface area contributed by atoms with Gasteiger partial charge in [-0.1, -0.05) is 63.8 Å². The number of hydrogen-bond acceptors (Lipinski definition) is 2. The fraction of sp³-hybridized carbons (Fsp3) is 0.682. The van der Waals surface area contributed by atoms with E-state index in [0.717, 1.165) is 51.6 Å². The van der Waals surface area contributed by atoms with Crippen molar-refractivity contribution in [2.24, 2.45) is 0 Å². The molecule has 0 saturated heterocycles. The van der Waals surface area contributed by atoms with Crippen molar-refractivity contribution >= 4 is 5.91 Å². The zero-order chi connectivity index (χ0) is 18.4. The van der Waals surface area contributed by atoms with Crippen molar-refractivity contribution in [3.8, 4) is 0 Å². The molecule has 140 valence electrons. The number of amides is 1. The number of rotatable bonds is 9. The number of unbranched alkanes of at least 4 members (excludes halogenated alkanes) is 2. The topological polar surface area (TPSA) is 23.6 Å². The Kier molecular flexibility index (Phi) is 7.06. The third kappa shape index (κ3) is 4.25. The molecule has 1 aliphatic heterocycles. The van der Waals surface area contributed by atoms with Crippen LogP contribution in [0.25, 0.3) is 0 Å². The van der Waals surface area contributed by atoms with Crippen LogP contribution in [0.3, 0.4) is 0 Å². The highest BCUT2D eigenvalue weighted by Gasteiger charge is 2.46. The average molecular weight is 345 g/mol. The van der Waals surface area contributed by atoms with Gasteiger partial charge in [-0.25, -0.2) is 0 Å². The maximum atomic E-state index is 13.7. The summed E-state index contributed by atoms with van der Waals surface area (Å²) in [4.78, 5) is 18.0. The van der Waals surface area contributed by atoms with Gasteiger partial charge >= 0.3 is 0 Å². The molecule has 1 unspecified atom stereocenters. The van der Waals surface area contributed by atoms with Gasteiger partial charge in [0.25, 0.3) is 0 Å². The molecule has 1 aromatic rings. The minimum Gasteiger partial charge on any atom is -0.336 e. The third-order valence-electron chi connectivity index (χ3n) is 5.87. The normalized spacial score (nSPS) is 17.7. The van der Waals surface area contributed by atoms with Crippen molar-refractivity contribution in [3.63, 3.8) is 0 Å². The van der Waals surface area contributed by atoms with Gasteiger partial charge in [-0.15, -0.1) is 0 Å². The maximum Gasteiger partial charge on any atom is 0.233 e. The van der Waals surface area contributed by atoms with Gasteiger partial charge in [0.1, 0.15) is 0 Å². The molecule has 1 atom stereocenters. The smallest absolute Gasteiger partial charge is 0.233 e. The van der Waals surface area contributed by atoms with Crippen molar-refractivity contribution < 1.29 is 4.79 Å². The standard InChI is InChI=1S/C22H36N2O/c1-6-8-14-22(15-9-7-2)20-13-11-10-12-19(20)17-24(21(22)25)16-18(3)23(4)5/h10-13,18H,6-9,14-17H2,1-5H3. The third-order valence-corrected chi connectivity index (χ3v) is 5.87. The van der Waals surface area contributed by atoms with Crippen molar-refractivity contribution in [1.29, 1.82) is 0 Å². The lowest BCUT2D eigenvalue weighted by molar-refractivity contribution is -0.141. The summed E-state index contributed by atoms with van der Waals surface area (Å²) in [5.74, 6) is 0.363. The number of hydrogen-bond donors (Lipinski definition) is 0. The predicted octanol–water partition coefficient (Wildman–Crippen LogP) is 4.60. The van der Waals surface area contributed by atoms with Crippen LogP contribution in [0, 0.1) is 0 Å². The lowest BCUT2D eigenvalue weighted by Crippen LogP contribution is -2.53. The van der Waals surface area contributed by atoms with E-state index < -0.39 is 0 Å². The molecule has 1 aromatic carbocycles. The van der Waals surface area contributed by atoms with Crippen LogP contribution in [0.5, 0.6) is 0 Å². The van der Waals surface area contributed by atoms with Crippen LogP contribution in [0.1, 0.15) is 70.4 Å². The number of benzene rings is 1. The van der Waals surface area contributed by atoms with E-state index in [4.69, 9.17) is 0 Å². The lowest BCUT2D eigenvalue weighted by Gasteiger charge is -2.45. The molecule has 0 fully saturated rings. The Balaban J connectivity index is 2.43. The summed E-state index contributed by atoms with van der Waals surface area (Å²) >= 11 is 0. The van der Waals surface area contributed by atoms with Crippen LogP contribution in [0.4, 0.5) is 0 Å². The summed E-state index contributed by atoms with van der Waals surface area (Å²) < 4.78 is 0. The second kappa shape index (κ2) is 8.84. The first-order valence-electron chi connectivity index (χ1n) is 10.0. The highest BCUT2D eigenvalue weighted by atomic mass is 16.2. The molecular weight excluding hydrogens is 308 g/mol. The van der Waals surface area contributed by atoms with Gasteiger partial charge in [-0.3, -0.25) is 4.79 Å². The van der Waals surface area contributed by atoms with E-state index in [1.807, 2.05) is 0 Å². The predicted molar refractivity (Wildman–Crippen MR) is 106 cm³/mol. The van der Waals surface area contributed by atoms with Gasteiger partial charge in [0, 0.05) is 19.1 Å². The fourth-order valence-electron chi connectivity index (χ4n) is 4.02. The van der Waals surface area contributed by atoms with Crippen LogP contribution < -0.4 is 0 Å². The summed E-state index contributed by atoms with van der Waals surface area (Å²) in [6.07, 6.45) is 6.45. The van der Waals surface area contributed by atoms with Gasteiger partial charge in [0.15, 0.2) is 0 Å². The number of likely N-dealkylation sites (N-methyl/N-ethyl adjacent to an activating group) is 1. The van der Waals surface area contributed by atoms with Crippen LogP contribution in [-0.4, -0.2) is 42.4 Å². The molecule has 1 aliphatic rings. The lowest BCUT2D eigenvalue weighted by atomic mass is 9.68. The largest absolute Gasteiger partial charge is 0.336 e. The van der Waals surface area contributed by atoms with Crippen LogP contribution in [0.2, 0.25) is 0 Å². The maximum absolute atomic E-state index is 13.7. The quantitative estimate of drug-likeness (QED) is 0.654. The van der Waals surface area contributed by atoms with E-state index in [9.17, 15) is 4.79 Å². The summed E-state index contributed by atoms with van der Waals surface area (Å²) in [6.45, 7) is 8.21. The molecule has 0 saturated carbocycles. The summed E-state index contributed by atoms with van der Waals surface area (Å²) in [5.41, 5.74) is 2.34. The minimum atomic E-state index is -0.313. The number of nitrogens with zero attached hydrogens (tertiary/aromatic N) is 2. The SMILES string of the molecule is CCCCC1(CCCC)C(=O)N(CC(C)N(C)C)Cc2ccccc21. The molecule has 0 N–H and O–H groups in total. The second-order valence-electron chi connectivity index (χ2n) is 7.94. The monoisotopic (exact) mass is 344 g/mol. The highest BCUT2D eigenvalue weighted by Crippen LogP contribution is 2.42. The summed E-state index contributed by atoms with van der Waals surface area (Å²) in [5, 5.41) is 0. The molecule has 25 heavy (non-hydrogen) atoms. The Bertz CT molecular complexity index is 559. The van der Waals surface area contributed by atoms with Gasteiger partial charge in [-0.05, 0) is 45.0 Å².